The maximum Gasteiger partial charge on any atom is 0.244 e. The van der Waals surface area contributed by atoms with Gasteiger partial charge in [-0.25, -0.2) is 0 Å². The van der Waals surface area contributed by atoms with Crippen molar-refractivity contribution in [1.82, 2.24) is 14.7 Å². The fraction of sp³-hybridized carbons (Fsp3) is 0.467. The van der Waals surface area contributed by atoms with Crippen molar-refractivity contribution in [3.8, 4) is 0 Å². The number of hydrogen-bond donors (Lipinski definition) is 0. The van der Waals surface area contributed by atoms with Crippen LogP contribution in [0.3, 0.4) is 0 Å². The summed E-state index contributed by atoms with van der Waals surface area (Å²) in [5.41, 5.74) is 0.868. The molecule has 1 aliphatic rings. The highest BCUT2D eigenvalue weighted by Crippen LogP contribution is 2.24. The molecular formula is C15H20N4O2. The summed E-state index contributed by atoms with van der Waals surface area (Å²) in [4.78, 5) is 16.4. The first-order valence-electron chi connectivity index (χ1n) is 7.10. The molecule has 3 heterocycles. The van der Waals surface area contributed by atoms with Gasteiger partial charge in [-0.1, -0.05) is 0 Å². The molecule has 0 saturated carbocycles. The molecular weight excluding hydrogens is 268 g/mol. The van der Waals surface area contributed by atoms with Gasteiger partial charge in [0.1, 0.15) is 11.5 Å². The Balaban J connectivity index is 1.68. The number of hydrogen-bond acceptors (Lipinski definition) is 4. The van der Waals surface area contributed by atoms with E-state index in [-0.39, 0.29) is 11.9 Å². The quantitative estimate of drug-likeness (QED) is 0.856. The van der Waals surface area contributed by atoms with Crippen LogP contribution in [0.2, 0.25) is 0 Å². The fourth-order valence-corrected chi connectivity index (χ4v) is 2.80. The number of nitrogens with zero attached hydrogens (tertiary/aromatic N) is 4. The van der Waals surface area contributed by atoms with E-state index in [1.165, 1.54) is 0 Å². The van der Waals surface area contributed by atoms with E-state index in [0.717, 1.165) is 30.2 Å². The largest absolute Gasteiger partial charge is 0.465 e. The Morgan fingerprint density at radius 1 is 1.48 bits per heavy atom. The van der Waals surface area contributed by atoms with E-state index in [0.29, 0.717) is 6.54 Å². The summed E-state index contributed by atoms with van der Waals surface area (Å²) >= 11 is 0. The maximum atomic E-state index is 12.6. The highest BCUT2D eigenvalue weighted by Gasteiger charge is 2.35. The number of rotatable bonds is 4. The van der Waals surface area contributed by atoms with Crippen LogP contribution < -0.4 is 4.90 Å². The van der Waals surface area contributed by atoms with Crippen LogP contribution in [0.4, 0.5) is 5.69 Å². The van der Waals surface area contributed by atoms with E-state index in [2.05, 4.69) is 10.00 Å². The highest BCUT2D eigenvalue weighted by atomic mass is 16.3. The number of aromatic nitrogens is 2. The SMILES string of the molecule is Cc1ccc(CN(C)C2CCN(c3cnn(C)c3)C2=O)o1. The molecule has 1 saturated heterocycles. The molecule has 0 radical (unpaired) electrons. The Hall–Kier alpha value is -2.08. The van der Waals surface area contributed by atoms with Gasteiger partial charge in [0.2, 0.25) is 5.91 Å². The van der Waals surface area contributed by atoms with E-state index in [1.807, 2.05) is 44.2 Å². The van der Waals surface area contributed by atoms with Gasteiger partial charge in [0, 0.05) is 19.8 Å². The topological polar surface area (TPSA) is 54.5 Å². The van der Waals surface area contributed by atoms with Crippen LogP contribution >= 0.6 is 0 Å². The van der Waals surface area contributed by atoms with E-state index in [1.54, 1.807) is 10.9 Å². The van der Waals surface area contributed by atoms with Gasteiger partial charge >= 0.3 is 0 Å². The molecule has 0 aliphatic carbocycles. The van der Waals surface area contributed by atoms with Gasteiger partial charge < -0.3 is 9.32 Å². The van der Waals surface area contributed by atoms with Crippen molar-refractivity contribution in [1.29, 1.82) is 0 Å². The summed E-state index contributed by atoms with van der Waals surface area (Å²) in [6.45, 7) is 3.30. The van der Waals surface area contributed by atoms with Gasteiger partial charge in [-0.05, 0) is 32.5 Å². The average Bonchev–Trinajstić information content (AvgIpc) is 3.11. The van der Waals surface area contributed by atoms with E-state index in [4.69, 9.17) is 4.42 Å². The van der Waals surface area contributed by atoms with Crippen LogP contribution in [0.1, 0.15) is 17.9 Å². The lowest BCUT2D eigenvalue weighted by molar-refractivity contribution is -0.121. The average molecular weight is 288 g/mol. The van der Waals surface area contributed by atoms with Crippen molar-refractivity contribution >= 4 is 11.6 Å². The van der Waals surface area contributed by atoms with Crippen molar-refractivity contribution in [3.05, 3.63) is 36.0 Å². The summed E-state index contributed by atoms with van der Waals surface area (Å²) in [5.74, 6) is 1.92. The lowest BCUT2D eigenvalue weighted by atomic mass is 10.2. The fourth-order valence-electron chi connectivity index (χ4n) is 2.80. The predicted molar refractivity (Wildman–Crippen MR) is 78.9 cm³/mol. The minimum absolute atomic E-state index is 0.101. The Morgan fingerprint density at radius 3 is 2.90 bits per heavy atom. The van der Waals surface area contributed by atoms with Gasteiger partial charge in [0.15, 0.2) is 0 Å². The van der Waals surface area contributed by atoms with Gasteiger partial charge in [0.05, 0.1) is 24.5 Å². The molecule has 21 heavy (non-hydrogen) atoms. The van der Waals surface area contributed by atoms with E-state index < -0.39 is 0 Å². The minimum atomic E-state index is -0.101. The second-order valence-corrected chi connectivity index (χ2v) is 5.59. The lowest BCUT2D eigenvalue weighted by Gasteiger charge is -2.22. The maximum absolute atomic E-state index is 12.6. The number of likely N-dealkylation sites (N-methyl/N-ethyl adjacent to an activating group) is 1. The van der Waals surface area contributed by atoms with Gasteiger partial charge in [0.25, 0.3) is 0 Å². The number of carbonyl (C=O) groups is 1. The van der Waals surface area contributed by atoms with E-state index in [9.17, 15) is 4.79 Å². The number of amides is 1. The Morgan fingerprint density at radius 2 is 2.29 bits per heavy atom. The smallest absolute Gasteiger partial charge is 0.244 e. The van der Waals surface area contributed by atoms with Gasteiger partial charge in [-0.2, -0.15) is 5.10 Å². The van der Waals surface area contributed by atoms with Crippen LogP contribution in [-0.4, -0.2) is 40.2 Å². The lowest BCUT2D eigenvalue weighted by Crippen LogP contribution is -2.39. The summed E-state index contributed by atoms with van der Waals surface area (Å²) in [6.07, 6.45) is 4.43. The molecule has 2 aromatic rings. The molecule has 2 aromatic heterocycles. The molecule has 3 rings (SSSR count). The zero-order valence-corrected chi connectivity index (χ0v) is 12.6. The molecule has 0 aromatic carbocycles. The number of aryl methyl sites for hydroxylation is 2. The zero-order chi connectivity index (χ0) is 15.0. The van der Waals surface area contributed by atoms with Crippen LogP contribution in [0, 0.1) is 6.92 Å². The van der Waals surface area contributed by atoms with Gasteiger partial charge in [-0.3, -0.25) is 14.4 Å². The monoisotopic (exact) mass is 288 g/mol. The molecule has 0 spiro atoms. The normalized spacial score (nSPS) is 19.0. The zero-order valence-electron chi connectivity index (χ0n) is 12.6. The van der Waals surface area contributed by atoms with Crippen molar-refractivity contribution < 1.29 is 9.21 Å². The Kier molecular flexibility index (Phi) is 3.55. The second kappa shape index (κ2) is 5.37. The molecule has 0 N–H and O–H groups in total. The molecule has 0 bridgehead atoms. The first-order chi connectivity index (χ1) is 10.0. The molecule has 1 amide bonds. The molecule has 1 unspecified atom stereocenters. The third-order valence-electron chi connectivity index (χ3n) is 3.91. The molecule has 1 atom stereocenters. The van der Waals surface area contributed by atoms with Crippen LogP contribution in [0.5, 0.6) is 0 Å². The van der Waals surface area contributed by atoms with Crippen LogP contribution in [0.25, 0.3) is 0 Å². The number of anilines is 1. The van der Waals surface area contributed by atoms with E-state index >= 15 is 0 Å². The first-order valence-corrected chi connectivity index (χ1v) is 7.10. The second-order valence-electron chi connectivity index (χ2n) is 5.59. The number of furan rings is 1. The standard InChI is InChI=1S/C15H20N4O2/c1-11-4-5-13(21-11)10-17(2)14-6-7-19(15(14)20)12-8-16-18(3)9-12/h4-5,8-9,14H,6-7,10H2,1-3H3. The molecule has 6 nitrogen and oxygen atoms in total. The summed E-state index contributed by atoms with van der Waals surface area (Å²) in [5, 5.41) is 4.13. The molecule has 112 valence electrons. The van der Waals surface area contributed by atoms with Crippen molar-refractivity contribution in [3.63, 3.8) is 0 Å². The predicted octanol–water partition coefficient (Wildman–Crippen LogP) is 1.56. The van der Waals surface area contributed by atoms with Crippen molar-refractivity contribution in [2.24, 2.45) is 7.05 Å². The summed E-state index contributed by atoms with van der Waals surface area (Å²) in [6, 6.07) is 3.81. The Bertz CT molecular complexity index is 646. The third-order valence-corrected chi connectivity index (χ3v) is 3.91. The summed E-state index contributed by atoms with van der Waals surface area (Å²) in [7, 11) is 3.82. The minimum Gasteiger partial charge on any atom is -0.465 e. The summed E-state index contributed by atoms with van der Waals surface area (Å²) < 4.78 is 7.30. The first kappa shape index (κ1) is 13.9. The van der Waals surface area contributed by atoms with Crippen molar-refractivity contribution in [2.75, 3.05) is 18.5 Å². The number of carbonyl (C=O) groups excluding carboxylic acids is 1. The Labute approximate surface area is 123 Å². The van der Waals surface area contributed by atoms with Crippen LogP contribution in [-0.2, 0) is 18.4 Å². The molecule has 1 aliphatic heterocycles. The highest BCUT2D eigenvalue weighted by molar-refractivity contribution is 5.99. The van der Waals surface area contributed by atoms with Gasteiger partial charge in [-0.15, -0.1) is 0 Å². The van der Waals surface area contributed by atoms with Crippen LogP contribution in [0.15, 0.2) is 28.9 Å². The molecule has 6 heteroatoms. The van der Waals surface area contributed by atoms with Crippen molar-refractivity contribution in [2.45, 2.75) is 25.9 Å². The third kappa shape index (κ3) is 2.71. The molecule has 1 fully saturated rings.